The zero-order chi connectivity index (χ0) is 18.6. The van der Waals surface area contributed by atoms with Crippen molar-refractivity contribution >= 4 is 11.7 Å². The zero-order valence-corrected chi connectivity index (χ0v) is 14.4. The molecule has 140 valence electrons. The number of carbonyl (C=O) groups excluding carboxylic acids is 1. The van der Waals surface area contributed by atoms with E-state index in [1.54, 1.807) is 4.90 Å². The molecule has 0 spiro atoms. The van der Waals surface area contributed by atoms with Crippen LogP contribution in [0.15, 0.2) is 12.3 Å². The van der Waals surface area contributed by atoms with Gasteiger partial charge in [0.1, 0.15) is 17.1 Å². The van der Waals surface area contributed by atoms with E-state index < -0.39 is 17.9 Å². The van der Waals surface area contributed by atoms with E-state index in [4.69, 9.17) is 9.47 Å². The summed E-state index contributed by atoms with van der Waals surface area (Å²) in [6.07, 6.45) is -2.85. The van der Waals surface area contributed by atoms with Crippen LogP contribution in [-0.2, 0) is 10.9 Å². The highest BCUT2D eigenvalue weighted by molar-refractivity contribution is 5.91. The summed E-state index contributed by atoms with van der Waals surface area (Å²) in [6, 6.07) is 0.275. The van der Waals surface area contributed by atoms with Crippen molar-refractivity contribution in [2.24, 2.45) is 5.92 Å². The number of ether oxygens (including phenoxy) is 2. The summed E-state index contributed by atoms with van der Waals surface area (Å²) in [5.74, 6) is 0.286. The van der Waals surface area contributed by atoms with Crippen molar-refractivity contribution in [3.63, 3.8) is 0 Å². The van der Waals surface area contributed by atoms with Crippen molar-refractivity contribution in [2.45, 2.75) is 32.5 Å². The molecule has 1 fully saturated rings. The lowest BCUT2D eigenvalue weighted by molar-refractivity contribution is -0.141. The SMILES string of the molecule is COc1cc(C(F)(F)F)ncc1NC(=O)N1CCOCC1CC(C)C. The number of aromatic nitrogens is 1. The molecule has 1 atom stereocenters. The minimum Gasteiger partial charge on any atom is -0.494 e. The number of methoxy groups -OCH3 is 1. The molecule has 2 rings (SSSR count). The first-order chi connectivity index (χ1) is 11.7. The Hall–Kier alpha value is -2.03. The molecule has 0 aliphatic carbocycles. The van der Waals surface area contributed by atoms with Gasteiger partial charge in [0, 0.05) is 12.6 Å². The van der Waals surface area contributed by atoms with Crippen LogP contribution in [0.4, 0.5) is 23.7 Å². The van der Waals surface area contributed by atoms with Gasteiger partial charge in [0.05, 0.1) is 32.6 Å². The van der Waals surface area contributed by atoms with Crippen molar-refractivity contribution in [3.05, 3.63) is 18.0 Å². The number of urea groups is 1. The highest BCUT2D eigenvalue weighted by Gasteiger charge is 2.34. The molecule has 1 aromatic rings. The van der Waals surface area contributed by atoms with E-state index in [2.05, 4.69) is 10.3 Å². The first-order valence-corrected chi connectivity index (χ1v) is 7.99. The number of amides is 2. The topological polar surface area (TPSA) is 63.7 Å². The van der Waals surface area contributed by atoms with Crippen LogP contribution in [0.25, 0.3) is 0 Å². The van der Waals surface area contributed by atoms with Gasteiger partial charge in [0.15, 0.2) is 0 Å². The van der Waals surface area contributed by atoms with Gasteiger partial charge in [-0.2, -0.15) is 13.2 Å². The molecule has 0 radical (unpaired) electrons. The molecule has 9 heteroatoms. The van der Waals surface area contributed by atoms with Gasteiger partial charge in [-0.1, -0.05) is 13.8 Å². The smallest absolute Gasteiger partial charge is 0.433 e. The van der Waals surface area contributed by atoms with Crippen LogP contribution in [-0.4, -0.2) is 48.8 Å². The number of morpholine rings is 1. The summed E-state index contributed by atoms with van der Waals surface area (Å²) in [5.41, 5.74) is -0.985. The van der Waals surface area contributed by atoms with Gasteiger partial charge in [-0.3, -0.25) is 0 Å². The number of hydrogen-bond acceptors (Lipinski definition) is 4. The van der Waals surface area contributed by atoms with E-state index in [1.807, 2.05) is 13.8 Å². The zero-order valence-electron chi connectivity index (χ0n) is 14.4. The molecule has 1 aliphatic heterocycles. The van der Waals surface area contributed by atoms with E-state index in [-0.39, 0.29) is 17.5 Å². The lowest BCUT2D eigenvalue weighted by Crippen LogP contribution is -2.50. The van der Waals surface area contributed by atoms with Gasteiger partial charge >= 0.3 is 12.2 Å². The summed E-state index contributed by atoms with van der Waals surface area (Å²) < 4.78 is 48.6. The molecule has 0 saturated carbocycles. The van der Waals surface area contributed by atoms with Gasteiger partial charge in [-0.05, 0) is 12.3 Å². The fourth-order valence-corrected chi connectivity index (χ4v) is 2.70. The van der Waals surface area contributed by atoms with Gasteiger partial charge in [0.2, 0.25) is 0 Å². The maximum absolute atomic E-state index is 12.7. The molecule has 1 N–H and O–H groups in total. The summed E-state index contributed by atoms with van der Waals surface area (Å²) >= 11 is 0. The molecule has 2 heterocycles. The summed E-state index contributed by atoms with van der Waals surface area (Å²) in [6.45, 7) is 5.37. The molecule has 1 unspecified atom stereocenters. The van der Waals surface area contributed by atoms with E-state index in [0.29, 0.717) is 25.7 Å². The number of hydrogen-bond donors (Lipinski definition) is 1. The third-order valence-electron chi connectivity index (χ3n) is 3.85. The van der Waals surface area contributed by atoms with Gasteiger partial charge in [-0.15, -0.1) is 0 Å². The molecule has 1 aromatic heterocycles. The van der Waals surface area contributed by atoms with E-state index in [9.17, 15) is 18.0 Å². The Morgan fingerprint density at radius 1 is 1.52 bits per heavy atom. The van der Waals surface area contributed by atoms with E-state index >= 15 is 0 Å². The van der Waals surface area contributed by atoms with Crippen molar-refractivity contribution < 1.29 is 27.4 Å². The van der Waals surface area contributed by atoms with Gasteiger partial charge in [-0.25, -0.2) is 9.78 Å². The lowest BCUT2D eigenvalue weighted by atomic mass is 10.0. The lowest BCUT2D eigenvalue weighted by Gasteiger charge is -2.36. The number of carbonyl (C=O) groups is 1. The fraction of sp³-hybridized carbons (Fsp3) is 0.625. The van der Waals surface area contributed by atoms with Gasteiger partial charge < -0.3 is 19.7 Å². The largest absolute Gasteiger partial charge is 0.494 e. The van der Waals surface area contributed by atoms with Crippen LogP contribution < -0.4 is 10.1 Å². The Morgan fingerprint density at radius 3 is 2.84 bits per heavy atom. The van der Waals surface area contributed by atoms with Crippen LogP contribution >= 0.6 is 0 Å². The van der Waals surface area contributed by atoms with Crippen LogP contribution in [0, 0.1) is 5.92 Å². The second kappa shape index (κ2) is 7.90. The Bertz CT molecular complexity index is 608. The van der Waals surface area contributed by atoms with Gasteiger partial charge in [0.25, 0.3) is 0 Å². The van der Waals surface area contributed by atoms with Crippen molar-refractivity contribution in [3.8, 4) is 5.75 Å². The first-order valence-electron chi connectivity index (χ1n) is 7.99. The fourth-order valence-electron chi connectivity index (χ4n) is 2.70. The van der Waals surface area contributed by atoms with E-state index in [0.717, 1.165) is 18.7 Å². The molecule has 25 heavy (non-hydrogen) atoms. The molecular formula is C16H22F3N3O3. The van der Waals surface area contributed by atoms with Crippen molar-refractivity contribution in [1.82, 2.24) is 9.88 Å². The highest BCUT2D eigenvalue weighted by atomic mass is 19.4. The number of halogens is 3. The third-order valence-corrected chi connectivity index (χ3v) is 3.85. The average Bonchev–Trinajstić information content (AvgIpc) is 2.54. The Morgan fingerprint density at radius 2 is 2.24 bits per heavy atom. The summed E-state index contributed by atoms with van der Waals surface area (Å²) in [4.78, 5) is 17.6. The highest BCUT2D eigenvalue weighted by Crippen LogP contribution is 2.33. The van der Waals surface area contributed by atoms with Crippen LogP contribution in [0.2, 0.25) is 0 Å². The minimum atomic E-state index is -4.58. The van der Waals surface area contributed by atoms with Crippen molar-refractivity contribution in [2.75, 3.05) is 32.2 Å². The van der Waals surface area contributed by atoms with E-state index in [1.165, 1.54) is 7.11 Å². The quantitative estimate of drug-likeness (QED) is 0.893. The Labute approximate surface area is 144 Å². The number of rotatable bonds is 4. The predicted molar refractivity (Wildman–Crippen MR) is 85.6 cm³/mol. The molecule has 6 nitrogen and oxygen atoms in total. The monoisotopic (exact) mass is 361 g/mol. The second-order valence-electron chi connectivity index (χ2n) is 6.25. The number of nitrogens with zero attached hydrogens (tertiary/aromatic N) is 2. The first kappa shape index (κ1) is 19.3. The maximum atomic E-state index is 12.7. The number of nitrogens with one attached hydrogen (secondary N) is 1. The molecule has 0 aromatic carbocycles. The molecule has 0 bridgehead atoms. The third kappa shape index (κ3) is 4.97. The molecule has 1 aliphatic rings. The standard InChI is InChI=1S/C16H22F3N3O3/c1-10(2)6-11-9-25-5-4-22(11)15(23)21-12-8-20-14(16(17,18)19)7-13(12)24-3/h7-8,10-11H,4-6,9H2,1-3H3,(H,21,23). The van der Waals surface area contributed by atoms with Crippen LogP contribution in [0.1, 0.15) is 26.0 Å². The van der Waals surface area contributed by atoms with Crippen LogP contribution in [0.5, 0.6) is 5.75 Å². The van der Waals surface area contributed by atoms with Crippen LogP contribution in [0.3, 0.4) is 0 Å². The summed E-state index contributed by atoms with van der Waals surface area (Å²) in [7, 11) is 1.24. The Kier molecular flexibility index (Phi) is 6.10. The minimum absolute atomic E-state index is 0.0813. The van der Waals surface area contributed by atoms with Crippen molar-refractivity contribution in [1.29, 1.82) is 0 Å². The Balaban J connectivity index is 2.16. The normalized spacial score (nSPS) is 18.4. The molecule has 2 amide bonds. The number of pyridine rings is 1. The summed E-state index contributed by atoms with van der Waals surface area (Å²) in [5, 5.41) is 2.59. The second-order valence-corrected chi connectivity index (χ2v) is 6.25. The average molecular weight is 361 g/mol. The number of anilines is 1. The molecular weight excluding hydrogens is 339 g/mol. The maximum Gasteiger partial charge on any atom is 0.433 e. The molecule has 1 saturated heterocycles. The predicted octanol–water partition coefficient (Wildman–Crippen LogP) is 3.39. The number of alkyl halides is 3.